The van der Waals surface area contributed by atoms with Crippen molar-refractivity contribution in [1.82, 2.24) is 9.97 Å². The number of aromatic nitrogens is 2. The molecule has 0 fully saturated rings. The molecule has 16 heavy (non-hydrogen) atoms. The van der Waals surface area contributed by atoms with Crippen LogP contribution in [-0.2, 0) is 10.0 Å². The zero-order chi connectivity index (χ0) is 12.2. The molecule has 1 heterocycles. The van der Waals surface area contributed by atoms with E-state index in [0.29, 0.717) is 5.82 Å². The van der Waals surface area contributed by atoms with E-state index in [-0.39, 0.29) is 23.9 Å². The fraction of sp³-hybridized carbons (Fsp3) is 0.429. The normalized spacial score (nSPS) is 11.1. The van der Waals surface area contributed by atoms with Crippen LogP contribution >= 0.6 is 0 Å². The summed E-state index contributed by atoms with van der Waals surface area (Å²) < 4.78 is 26.2. The Morgan fingerprint density at radius 3 is 2.75 bits per heavy atom. The first-order chi connectivity index (χ1) is 7.44. The summed E-state index contributed by atoms with van der Waals surface area (Å²) in [5, 5.41) is 7.57. The maximum atomic E-state index is 10.7. The molecule has 0 saturated heterocycles. The number of primary sulfonamides is 1. The van der Waals surface area contributed by atoms with Crippen molar-refractivity contribution >= 4 is 21.5 Å². The number of nitrogens with one attached hydrogen (secondary N) is 1. The van der Waals surface area contributed by atoms with E-state index in [4.69, 9.17) is 15.6 Å². The second-order valence-corrected chi connectivity index (χ2v) is 4.67. The van der Waals surface area contributed by atoms with Gasteiger partial charge in [0.25, 0.3) is 0 Å². The van der Waals surface area contributed by atoms with E-state index in [1.165, 1.54) is 13.4 Å². The van der Waals surface area contributed by atoms with Gasteiger partial charge in [-0.3, -0.25) is 0 Å². The summed E-state index contributed by atoms with van der Waals surface area (Å²) in [6.45, 7) is 0.114. The smallest absolute Gasteiger partial charge is 0.242 e. The molecule has 1 aromatic heterocycles. The van der Waals surface area contributed by atoms with Crippen LogP contribution in [-0.4, -0.2) is 37.8 Å². The highest BCUT2D eigenvalue weighted by molar-refractivity contribution is 7.89. The van der Waals surface area contributed by atoms with Crippen LogP contribution in [0, 0.1) is 0 Å². The quantitative estimate of drug-likeness (QED) is 0.593. The number of methoxy groups -OCH3 is 1. The van der Waals surface area contributed by atoms with Gasteiger partial charge in [0.1, 0.15) is 12.0 Å². The van der Waals surface area contributed by atoms with Crippen molar-refractivity contribution in [1.29, 1.82) is 0 Å². The lowest BCUT2D eigenvalue weighted by Gasteiger charge is -2.09. The Hall–Kier alpha value is -1.61. The maximum absolute atomic E-state index is 10.7. The topological polar surface area (TPSA) is 133 Å². The van der Waals surface area contributed by atoms with E-state index in [0.717, 1.165) is 0 Å². The number of rotatable bonds is 5. The summed E-state index contributed by atoms with van der Waals surface area (Å²) in [6, 6.07) is 0. The van der Waals surface area contributed by atoms with Crippen molar-refractivity contribution in [2.24, 2.45) is 5.14 Å². The summed E-state index contributed by atoms with van der Waals surface area (Å²) in [4.78, 5) is 7.62. The first kappa shape index (κ1) is 12.5. The van der Waals surface area contributed by atoms with Crippen LogP contribution in [0.5, 0.6) is 5.88 Å². The second kappa shape index (κ2) is 4.94. The molecule has 0 unspecified atom stereocenters. The van der Waals surface area contributed by atoms with Crippen LogP contribution in [0.3, 0.4) is 0 Å². The fourth-order valence-electron chi connectivity index (χ4n) is 0.995. The SMILES string of the molecule is COc1ncnc(NCCS(N)(=O)=O)c1N. The van der Waals surface area contributed by atoms with Crippen LogP contribution in [0.2, 0.25) is 0 Å². The summed E-state index contributed by atoms with van der Waals surface area (Å²) in [6.07, 6.45) is 1.26. The Morgan fingerprint density at radius 1 is 1.50 bits per heavy atom. The average molecular weight is 247 g/mol. The van der Waals surface area contributed by atoms with Crippen molar-refractivity contribution in [3.05, 3.63) is 6.33 Å². The third kappa shape index (κ3) is 3.51. The minimum atomic E-state index is -3.50. The molecule has 5 N–H and O–H groups in total. The van der Waals surface area contributed by atoms with Gasteiger partial charge in [-0.05, 0) is 0 Å². The van der Waals surface area contributed by atoms with Gasteiger partial charge in [-0.2, -0.15) is 4.98 Å². The number of nitrogens with two attached hydrogens (primary N) is 2. The van der Waals surface area contributed by atoms with E-state index in [9.17, 15) is 8.42 Å². The summed E-state index contributed by atoms with van der Waals surface area (Å²) >= 11 is 0. The molecule has 0 saturated carbocycles. The molecule has 0 aromatic carbocycles. The molecule has 0 amide bonds. The highest BCUT2D eigenvalue weighted by Gasteiger charge is 2.08. The summed E-state index contributed by atoms with van der Waals surface area (Å²) in [5.74, 6) is 0.335. The largest absolute Gasteiger partial charge is 0.479 e. The van der Waals surface area contributed by atoms with Crippen LogP contribution < -0.4 is 20.9 Å². The van der Waals surface area contributed by atoms with Crippen molar-refractivity contribution < 1.29 is 13.2 Å². The predicted octanol–water partition coefficient (Wildman–Crippen LogP) is -1.23. The molecule has 0 radical (unpaired) electrons. The van der Waals surface area contributed by atoms with Crippen LogP contribution in [0.15, 0.2) is 6.33 Å². The minimum Gasteiger partial charge on any atom is -0.479 e. The molecular formula is C7H13N5O3S. The molecule has 90 valence electrons. The summed E-state index contributed by atoms with van der Waals surface area (Å²) in [7, 11) is -2.08. The van der Waals surface area contributed by atoms with Gasteiger partial charge < -0.3 is 15.8 Å². The number of nitrogen functional groups attached to an aromatic ring is 1. The van der Waals surface area contributed by atoms with Crippen molar-refractivity contribution in [3.63, 3.8) is 0 Å². The number of hydrogen-bond donors (Lipinski definition) is 3. The number of anilines is 2. The number of sulfonamides is 1. The Bertz CT molecular complexity index is 461. The zero-order valence-corrected chi connectivity index (χ0v) is 9.49. The minimum absolute atomic E-state index is 0.114. The Morgan fingerprint density at radius 2 is 2.19 bits per heavy atom. The van der Waals surface area contributed by atoms with Gasteiger partial charge in [0.05, 0.1) is 12.9 Å². The first-order valence-corrected chi connectivity index (χ1v) is 6.04. The Kier molecular flexibility index (Phi) is 3.85. The van der Waals surface area contributed by atoms with E-state index in [1.807, 2.05) is 0 Å². The third-order valence-corrected chi connectivity index (χ3v) is 2.49. The predicted molar refractivity (Wildman–Crippen MR) is 59.5 cm³/mol. The molecule has 0 bridgehead atoms. The zero-order valence-electron chi connectivity index (χ0n) is 8.67. The van der Waals surface area contributed by atoms with Crippen LogP contribution in [0.1, 0.15) is 0 Å². The fourth-order valence-corrected chi connectivity index (χ4v) is 1.38. The van der Waals surface area contributed by atoms with Gasteiger partial charge >= 0.3 is 0 Å². The Labute approximate surface area is 93.1 Å². The molecule has 8 nitrogen and oxygen atoms in total. The van der Waals surface area contributed by atoms with Crippen molar-refractivity contribution in [3.8, 4) is 5.88 Å². The van der Waals surface area contributed by atoms with Crippen LogP contribution in [0.25, 0.3) is 0 Å². The molecule has 0 atom stereocenters. The van der Waals surface area contributed by atoms with E-state index < -0.39 is 10.0 Å². The molecule has 0 spiro atoms. The van der Waals surface area contributed by atoms with Gasteiger partial charge in [0.15, 0.2) is 5.82 Å². The lowest BCUT2D eigenvalue weighted by atomic mass is 10.4. The third-order valence-electron chi connectivity index (χ3n) is 1.72. The van der Waals surface area contributed by atoms with Crippen molar-refractivity contribution in [2.45, 2.75) is 0 Å². The van der Waals surface area contributed by atoms with Gasteiger partial charge in [-0.1, -0.05) is 0 Å². The molecular weight excluding hydrogens is 234 g/mol. The lowest BCUT2D eigenvalue weighted by Crippen LogP contribution is -2.23. The van der Waals surface area contributed by atoms with Gasteiger partial charge in [-0.15, -0.1) is 0 Å². The number of nitrogens with zero attached hydrogens (tertiary/aromatic N) is 2. The van der Waals surface area contributed by atoms with E-state index >= 15 is 0 Å². The van der Waals surface area contributed by atoms with Gasteiger partial charge in [-0.25, -0.2) is 18.5 Å². The number of hydrogen-bond acceptors (Lipinski definition) is 7. The highest BCUT2D eigenvalue weighted by Crippen LogP contribution is 2.23. The number of ether oxygens (including phenoxy) is 1. The van der Waals surface area contributed by atoms with E-state index in [1.54, 1.807) is 0 Å². The molecule has 1 aromatic rings. The lowest BCUT2D eigenvalue weighted by molar-refractivity contribution is 0.399. The monoisotopic (exact) mass is 247 g/mol. The van der Waals surface area contributed by atoms with Crippen molar-refractivity contribution in [2.75, 3.05) is 30.5 Å². The molecule has 1 rings (SSSR count). The highest BCUT2D eigenvalue weighted by atomic mass is 32.2. The van der Waals surface area contributed by atoms with Gasteiger partial charge in [0, 0.05) is 6.54 Å². The Balaban J connectivity index is 2.68. The molecule has 0 aliphatic carbocycles. The first-order valence-electron chi connectivity index (χ1n) is 4.33. The van der Waals surface area contributed by atoms with E-state index in [2.05, 4.69) is 15.3 Å². The maximum Gasteiger partial charge on any atom is 0.242 e. The summed E-state index contributed by atoms with van der Waals surface area (Å²) in [5.41, 5.74) is 5.87. The standard InChI is InChI=1S/C7H13N5O3S/c1-15-7-5(8)6(11-4-12-7)10-2-3-16(9,13)14/h4H,2-3,8H2,1H3,(H2,9,13,14)(H,10,11,12). The molecule has 0 aliphatic heterocycles. The van der Waals surface area contributed by atoms with Gasteiger partial charge in [0.2, 0.25) is 15.9 Å². The second-order valence-electron chi connectivity index (χ2n) is 2.94. The average Bonchev–Trinajstić information content (AvgIpc) is 2.19. The molecule has 0 aliphatic rings. The van der Waals surface area contributed by atoms with Crippen LogP contribution in [0.4, 0.5) is 11.5 Å². The molecule has 9 heteroatoms.